The molecular weight excluding hydrogens is 445 g/mol. The second-order valence-electron chi connectivity index (χ2n) is 8.43. The van der Waals surface area contributed by atoms with Crippen LogP contribution in [-0.4, -0.2) is 16.7 Å². The summed E-state index contributed by atoms with van der Waals surface area (Å²) >= 11 is 0. The number of rotatable bonds is 8. The predicted molar refractivity (Wildman–Crippen MR) is 121 cm³/mol. The fourth-order valence-corrected chi connectivity index (χ4v) is 3.53. The second kappa shape index (κ2) is 9.67. The number of nitrogens with one attached hydrogen (secondary N) is 1. The van der Waals surface area contributed by atoms with Crippen molar-refractivity contribution in [2.75, 3.05) is 5.32 Å². The molecule has 1 fully saturated rings. The van der Waals surface area contributed by atoms with E-state index in [1.54, 1.807) is 48.7 Å². The van der Waals surface area contributed by atoms with Crippen molar-refractivity contribution in [3.63, 3.8) is 0 Å². The van der Waals surface area contributed by atoms with E-state index in [1.807, 2.05) is 0 Å². The highest BCUT2D eigenvalue weighted by molar-refractivity contribution is 5.93. The van der Waals surface area contributed by atoms with Crippen LogP contribution in [0.15, 0.2) is 60.8 Å². The zero-order chi connectivity index (χ0) is 24.3. The topological polar surface area (TPSA) is 68.3 Å². The molecule has 1 aliphatic carbocycles. The Bertz CT molecular complexity index is 1200. The maximum Gasteiger partial charge on any atom is 0.416 e. The summed E-state index contributed by atoms with van der Waals surface area (Å²) in [5, 5.41) is 2.77. The molecule has 3 aromatic rings. The largest absolute Gasteiger partial charge is 0.457 e. The number of alkyl halides is 3. The van der Waals surface area contributed by atoms with Gasteiger partial charge < -0.3 is 10.1 Å². The highest BCUT2D eigenvalue weighted by Crippen LogP contribution is 2.33. The zero-order valence-electron chi connectivity index (χ0n) is 18.5. The number of Topliss-reactive ketones (excluding diaryl/α,β-unsaturated/α-hetero) is 1. The van der Waals surface area contributed by atoms with Crippen molar-refractivity contribution >= 4 is 17.5 Å². The number of carbonyl (C=O) groups excluding carboxylic acids is 2. The summed E-state index contributed by atoms with van der Waals surface area (Å²) < 4.78 is 45.1. The first kappa shape index (κ1) is 23.5. The normalized spacial score (nSPS) is 13.4. The number of ether oxygens (including phenoxy) is 1. The third-order valence-electron chi connectivity index (χ3n) is 5.50. The summed E-state index contributed by atoms with van der Waals surface area (Å²) in [4.78, 5) is 28.4. The van der Waals surface area contributed by atoms with Gasteiger partial charge in [-0.05, 0) is 60.7 Å². The van der Waals surface area contributed by atoms with Crippen molar-refractivity contribution in [1.29, 1.82) is 0 Å². The molecule has 0 spiro atoms. The van der Waals surface area contributed by atoms with Gasteiger partial charge in [0.1, 0.15) is 23.1 Å². The number of halogens is 3. The Labute approximate surface area is 195 Å². The molecule has 0 atom stereocenters. The molecule has 0 radical (unpaired) electrons. The molecule has 34 heavy (non-hydrogen) atoms. The lowest BCUT2D eigenvalue weighted by Gasteiger charge is -2.12. The van der Waals surface area contributed by atoms with Gasteiger partial charge in [0.25, 0.3) is 0 Å². The third-order valence-corrected chi connectivity index (χ3v) is 5.50. The summed E-state index contributed by atoms with van der Waals surface area (Å²) in [6, 6.07) is 14.2. The van der Waals surface area contributed by atoms with Gasteiger partial charge >= 0.3 is 6.18 Å². The first-order chi connectivity index (χ1) is 16.2. The molecule has 0 saturated heterocycles. The molecule has 4 rings (SSSR count). The Kier molecular flexibility index (Phi) is 6.68. The van der Waals surface area contributed by atoms with Crippen LogP contribution in [0.4, 0.5) is 19.0 Å². The van der Waals surface area contributed by atoms with Gasteiger partial charge in [0, 0.05) is 31.0 Å². The van der Waals surface area contributed by atoms with E-state index < -0.39 is 11.7 Å². The second-order valence-corrected chi connectivity index (χ2v) is 8.43. The van der Waals surface area contributed by atoms with E-state index in [1.165, 1.54) is 13.0 Å². The summed E-state index contributed by atoms with van der Waals surface area (Å²) in [5.41, 5.74) is 0.481. The summed E-state index contributed by atoms with van der Waals surface area (Å²) in [7, 11) is 0. The van der Waals surface area contributed by atoms with Gasteiger partial charge in [-0.15, -0.1) is 0 Å². The SMILES string of the molecule is Cc1ccc(CC(=O)Cc2ccc(Oc3ccnc(NC(=O)C4CC4)c3)cc2)cc1C(F)(F)F. The number of amides is 1. The van der Waals surface area contributed by atoms with Crippen LogP contribution >= 0.6 is 0 Å². The van der Waals surface area contributed by atoms with Crippen molar-refractivity contribution in [3.05, 3.63) is 83.0 Å². The Morgan fingerprint density at radius 1 is 0.971 bits per heavy atom. The Hall–Kier alpha value is -3.68. The summed E-state index contributed by atoms with van der Waals surface area (Å²) in [6.45, 7) is 1.40. The third kappa shape index (κ3) is 6.21. The summed E-state index contributed by atoms with van der Waals surface area (Å²) in [6.07, 6.45) is -1.08. The lowest BCUT2D eigenvalue weighted by atomic mass is 9.99. The number of aryl methyl sites for hydroxylation is 1. The lowest BCUT2D eigenvalue weighted by Crippen LogP contribution is -2.14. The number of ketones is 1. The lowest BCUT2D eigenvalue weighted by molar-refractivity contribution is -0.138. The van der Waals surface area contributed by atoms with Crippen molar-refractivity contribution in [1.82, 2.24) is 4.98 Å². The number of pyridine rings is 1. The molecule has 2 aromatic carbocycles. The van der Waals surface area contributed by atoms with Crippen molar-refractivity contribution in [3.8, 4) is 11.5 Å². The van der Waals surface area contributed by atoms with Gasteiger partial charge in [-0.25, -0.2) is 4.98 Å². The van der Waals surface area contributed by atoms with Crippen molar-refractivity contribution < 1.29 is 27.5 Å². The van der Waals surface area contributed by atoms with Crippen LogP contribution in [0.1, 0.15) is 35.1 Å². The molecule has 0 bridgehead atoms. The van der Waals surface area contributed by atoms with Crippen LogP contribution in [0.5, 0.6) is 11.5 Å². The first-order valence-electron chi connectivity index (χ1n) is 10.9. The van der Waals surface area contributed by atoms with Gasteiger partial charge in [0.2, 0.25) is 5.91 Å². The van der Waals surface area contributed by atoms with Gasteiger partial charge in [-0.3, -0.25) is 9.59 Å². The van der Waals surface area contributed by atoms with E-state index in [9.17, 15) is 22.8 Å². The molecule has 1 saturated carbocycles. The smallest absolute Gasteiger partial charge is 0.416 e. The van der Waals surface area contributed by atoms with Crippen molar-refractivity contribution in [2.24, 2.45) is 5.92 Å². The number of hydrogen-bond acceptors (Lipinski definition) is 4. The fraction of sp³-hybridized carbons (Fsp3) is 0.269. The van der Waals surface area contributed by atoms with E-state index in [0.29, 0.717) is 22.9 Å². The number of anilines is 1. The highest BCUT2D eigenvalue weighted by Gasteiger charge is 2.32. The molecule has 176 valence electrons. The molecule has 1 N–H and O–H groups in total. The van der Waals surface area contributed by atoms with E-state index >= 15 is 0 Å². The Balaban J connectivity index is 1.34. The molecule has 8 heteroatoms. The van der Waals surface area contributed by atoms with E-state index in [4.69, 9.17) is 4.74 Å². The highest BCUT2D eigenvalue weighted by atomic mass is 19.4. The maximum atomic E-state index is 13.1. The molecule has 1 aromatic heterocycles. The fourth-order valence-electron chi connectivity index (χ4n) is 3.53. The molecule has 0 unspecified atom stereocenters. The minimum absolute atomic E-state index is 0.0427. The van der Waals surface area contributed by atoms with Gasteiger partial charge in [0.15, 0.2) is 0 Å². The molecule has 1 aliphatic rings. The van der Waals surface area contributed by atoms with Crippen LogP contribution in [0.3, 0.4) is 0 Å². The first-order valence-corrected chi connectivity index (χ1v) is 10.9. The molecule has 5 nitrogen and oxygen atoms in total. The number of benzene rings is 2. The minimum Gasteiger partial charge on any atom is -0.457 e. The average molecular weight is 468 g/mol. The molecule has 0 aliphatic heterocycles. The van der Waals surface area contributed by atoms with E-state index in [0.717, 1.165) is 24.5 Å². The zero-order valence-corrected chi connectivity index (χ0v) is 18.5. The van der Waals surface area contributed by atoms with E-state index in [2.05, 4.69) is 10.3 Å². The average Bonchev–Trinajstić information content (AvgIpc) is 3.62. The maximum absolute atomic E-state index is 13.1. The number of aromatic nitrogens is 1. The number of carbonyl (C=O) groups is 2. The molecule has 1 amide bonds. The minimum atomic E-state index is -4.45. The van der Waals surface area contributed by atoms with Gasteiger partial charge in [-0.1, -0.05) is 24.3 Å². The monoisotopic (exact) mass is 468 g/mol. The van der Waals surface area contributed by atoms with Crippen LogP contribution in [-0.2, 0) is 28.6 Å². The quantitative estimate of drug-likeness (QED) is 0.447. The number of nitrogens with zero attached hydrogens (tertiary/aromatic N) is 1. The van der Waals surface area contributed by atoms with Gasteiger partial charge in [0.05, 0.1) is 5.56 Å². The van der Waals surface area contributed by atoms with Crippen molar-refractivity contribution in [2.45, 2.75) is 38.8 Å². The molecule has 1 heterocycles. The van der Waals surface area contributed by atoms with Crippen LogP contribution in [0.2, 0.25) is 0 Å². The molecular formula is C26H23F3N2O3. The van der Waals surface area contributed by atoms with Gasteiger partial charge in [-0.2, -0.15) is 13.2 Å². The summed E-state index contributed by atoms with van der Waals surface area (Å²) in [5.74, 6) is 1.30. The van der Waals surface area contributed by atoms with Crippen LogP contribution in [0.25, 0.3) is 0 Å². The Morgan fingerprint density at radius 3 is 2.32 bits per heavy atom. The standard InChI is InChI=1S/C26H23F3N2O3/c1-16-2-3-18(14-23(16)26(27,28)29)13-20(32)12-17-4-8-21(9-5-17)34-22-10-11-30-24(15-22)31-25(33)19-6-7-19/h2-5,8-11,14-15,19H,6-7,12-13H2,1H3,(H,30,31,33). The predicted octanol–water partition coefficient (Wildman–Crippen LogP) is 5.90. The van der Waals surface area contributed by atoms with Crippen LogP contribution in [0, 0.1) is 12.8 Å². The van der Waals surface area contributed by atoms with Crippen LogP contribution < -0.4 is 10.1 Å². The number of hydrogen-bond donors (Lipinski definition) is 1. The van der Waals surface area contributed by atoms with E-state index in [-0.39, 0.29) is 36.0 Å². The Morgan fingerprint density at radius 2 is 1.65 bits per heavy atom.